The van der Waals surface area contributed by atoms with Crippen molar-refractivity contribution in [3.63, 3.8) is 0 Å². The number of hydrogen-bond acceptors (Lipinski definition) is 4. The SMILES string of the molecule is Cc1ccc(NC(=O)[C@@H](C)Oc2cccc(Cl)c2)cc1[N+](=O)[O-]. The monoisotopic (exact) mass is 334 g/mol. The van der Waals surface area contributed by atoms with Crippen LogP contribution in [0.25, 0.3) is 0 Å². The fourth-order valence-electron chi connectivity index (χ4n) is 1.93. The molecule has 0 heterocycles. The standard InChI is InChI=1S/C16H15ClN2O4/c1-10-6-7-13(9-15(10)19(21)22)18-16(20)11(2)23-14-5-3-4-12(17)8-14/h3-9,11H,1-2H3,(H,18,20)/t11-/m1/s1. The van der Waals surface area contributed by atoms with E-state index in [0.29, 0.717) is 22.0 Å². The molecule has 0 saturated carbocycles. The predicted octanol–water partition coefficient (Wildman–Crippen LogP) is 3.96. The molecule has 0 fully saturated rings. The number of nitrogens with one attached hydrogen (secondary N) is 1. The minimum absolute atomic E-state index is 0.0498. The Balaban J connectivity index is 2.06. The molecule has 7 heteroatoms. The highest BCUT2D eigenvalue weighted by Gasteiger charge is 2.17. The molecule has 0 unspecified atom stereocenters. The summed E-state index contributed by atoms with van der Waals surface area (Å²) in [7, 11) is 0. The Morgan fingerprint density at radius 3 is 2.70 bits per heavy atom. The van der Waals surface area contributed by atoms with Crippen molar-refractivity contribution in [3.05, 3.63) is 63.2 Å². The largest absolute Gasteiger partial charge is 0.481 e. The molecule has 0 aliphatic heterocycles. The molecule has 0 aliphatic rings. The van der Waals surface area contributed by atoms with Gasteiger partial charge in [0.1, 0.15) is 5.75 Å². The molecule has 1 amide bonds. The van der Waals surface area contributed by atoms with Gasteiger partial charge >= 0.3 is 0 Å². The number of hydrogen-bond donors (Lipinski definition) is 1. The number of nitro groups is 1. The van der Waals surface area contributed by atoms with Crippen LogP contribution in [0.15, 0.2) is 42.5 Å². The van der Waals surface area contributed by atoms with E-state index in [4.69, 9.17) is 16.3 Å². The Labute approximate surface area is 138 Å². The minimum atomic E-state index is -0.783. The molecule has 2 rings (SSSR count). The van der Waals surface area contributed by atoms with Gasteiger partial charge in [0.25, 0.3) is 11.6 Å². The third-order valence-electron chi connectivity index (χ3n) is 3.15. The van der Waals surface area contributed by atoms with Crippen molar-refractivity contribution in [3.8, 4) is 5.75 Å². The van der Waals surface area contributed by atoms with Crippen molar-refractivity contribution < 1.29 is 14.5 Å². The van der Waals surface area contributed by atoms with Crippen LogP contribution < -0.4 is 10.1 Å². The van der Waals surface area contributed by atoms with E-state index < -0.39 is 16.9 Å². The van der Waals surface area contributed by atoms with Crippen molar-refractivity contribution in [2.75, 3.05) is 5.32 Å². The van der Waals surface area contributed by atoms with Gasteiger partial charge in [0.15, 0.2) is 6.10 Å². The summed E-state index contributed by atoms with van der Waals surface area (Å²) in [4.78, 5) is 22.6. The van der Waals surface area contributed by atoms with Crippen LogP contribution >= 0.6 is 11.6 Å². The summed E-state index contributed by atoms with van der Waals surface area (Å²) in [5.41, 5.74) is 0.816. The predicted molar refractivity (Wildman–Crippen MR) is 88.0 cm³/mol. The molecule has 0 aliphatic carbocycles. The number of anilines is 1. The fourth-order valence-corrected chi connectivity index (χ4v) is 2.11. The van der Waals surface area contributed by atoms with Gasteiger partial charge in [-0.25, -0.2) is 0 Å². The van der Waals surface area contributed by atoms with Gasteiger partial charge in [0.05, 0.1) is 4.92 Å². The average Bonchev–Trinajstić information content (AvgIpc) is 2.48. The van der Waals surface area contributed by atoms with Gasteiger partial charge in [-0.1, -0.05) is 23.7 Å². The summed E-state index contributed by atoms with van der Waals surface area (Å²) in [5, 5.41) is 14.0. The number of carbonyl (C=O) groups excluding carboxylic acids is 1. The second kappa shape index (κ2) is 7.11. The molecule has 0 spiro atoms. The van der Waals surface area contributed by atoms with Crippen molar-refractivity contribution >= 4 is 28.9 Å². The smallest absolute Gasteiger partial charge is 0.274 e. The number of nitrogens with zero attached hydrogens (tertiary/aromatic N) is 1. The van der Waals surface area contributed by atoms with Gasteiger partial charge in [-0.2, -0.15) is 0 Å². The minimum Gasteiger partial charge on any atom is -0.481 e. The van der Waals surface area contributed by atoms with E-state index in [1.54, 1.807) is 50.2 Å². The molecule has 120 valence electrons. The van der Waals surface area contributed by atoms with Crippen LogP contribution in [0.5, 0.6) is 5.75 Å². The summed E-state index contributed by atoms with van der Waals surface area (Å²) >= 11 is 5.86. The molecule has 23 heavy (non-hydrogen) atoms. The fraction of sp³-hybridized carbons (Fsp3) is 0.188. The van der Waals surface area contributed by atoms with E-state index in [0.717, 1.165) is 0 Å². The first kappa shape index (κ1) is 16.8. The third kappa shape index (κ3) is 4.43. The molecule has 0 aromatic heterocycles. The molecular weight excluding hydrogens is 320 g/mol. The van der Waals surface area contributed by atoms with E-state index in [-0.39, 0.29) is 5.69 Å². The quantitative estimate of drug-likeness (QED) is 0.662. The number of halogens is 1. The van der Waals surface area contributed by atoms with E-state index in [9.17, 15) is 14.9 Å². The summed E-state index contributed by atoms with van der Waals surface area (Å²) in [6, 6.07) is 11.2. The van der Waals surface area contributed by atoms with Gasteiger partial charge in [-0.15, -0.1) is 0 Å². The van der Waals surface area contributed by atoms with Gasteiger partial charge in [0, 0.05) is 22.3 Å². The Morgan fingerprint density at radius 1 is 1.30 bits per heavy atom. The lowest BCUT2D eigenvalue weighted by molar-refractivity contribution is -0.385. The first-order valence-corrected chi connectivity index (χ1v) is 7.23. The molecule has 0 bridgehead atoms. The van der Waals surface area contributed by atoms with Gasteiger partial charge in [0.2, 0.25) is 0 Å². The van der Waals surface area contributed by atoms with Crippen LogP contribution in [0, 0.1) is 17.0 Å². The molecule has 1 N–H and O–H groups in total. The first-order chi connectivity index (χ1) is 10.9. The van der Waals surface area contributed by atoms with Crippen LogP contribution in [0.4, 0.5) is 11.4 Å². The van der Waals surface area contributed by atoms with Gasteiger partial charge < -0.3 is 10.1 Å². The highest BCUT2D eigenvalue weighted by atomic mass is 35.5. The van der Waals surface area contributed by atoms with E-state index >= 15 is 0 Å². The van der Waals surface area contributed by atoms with Crippen molar-refractivity contribution in [1.82, 2.24) is 0 Å². The van der Waals surface area contributed by atoms with Crippen LogP contribution in [-0.2, 0) is 4.79 Å². The molecule has 0 radical (unpaired) electrons. The van der Waals surface area contributed by atoms with E-state index in [1.807, 2.05) is 0 Å². The maximum atomic E-state index is 12.1. The zero-order valence-corrected chi connectivity index (χ0v) is 13.3. The number of ether oxygens (including phenoxy) is 1. The zero-order valence-electron chi connectivity index (χ0n) is 12.6. The summed E-state index contributed by atoms with van der Waals surface area (Å²) < 4.78 is 5.50. The van der Waals surface area contributed by atoms with Crippen molar-refractivity contribution in [1.29, 1.82) is 0 Å². The molecule has 0 saturated heterocycles. The number of benzene rings is 2. The maximum Gasteiger partial charge on any atom is 0.274 e. The average molecular weight is 335 g/mol. The molecule has 2 aromatic rings. The summed E-state index contributed by atoms with van der Waals surface area (Å²) in [6.45, 7) is 3.22. The third-order valence-corrected chi connectivity index (χ3v) is 3.39. The topological polar surface area (TPSA) is 81.5 Å². The lowest BCUT2D eigenvalue weighted by Gasteiger charge is -2.15. The number of rotatable bonds is 5. The highest BCUT2D eigenvalue weighted by Crippen LogP contribution is 2.23. The normalized spacial score (nSPS) is 11.6. The Hall–Kier alpha value is -2.60. The van der Waals surface area contributed by atoms with E-state index in [2.05, 4.69) is 5.32 Å². The number of carbonyl (C=O) groups is 1. The Kier molecular flexibility index (Phi) is 5.18. The highest BCUT2D eigenvalue weighted by molar-refractivity contribution is 6.30. The Bertz CT molecular complexity index is 749. The van der Waals surface area contributed by atoms with Crippen LogP contribution in [0.2, 0.25) is 5.02 Å². The second-order valence-corrected chi connectivity index (χ2v) is 5.40. The first-order valence-electron chi connectivity index (χ1n) is 6.85. The van der Waals surface area contributed by atoms with Crippen LogP contribution in [-0.4, -0.2) is 16.9 Å². The number of amides is 1. The van der Waals surface area contributed by atoms with Crippen molar-refractivity contribution in [2.45, 2.75) is 20.0 Å². The Morgan fingerprint density at radius 2 is 2.04 bits per heavy atom. The summed E-state index contributed by atoms with van der Waals surface area (Å²) in [5.74, 6) is 0.0539. The van der Waals surface area contributed by atoms with Crippen LogP contribution in [0.3, 0.4) is 0 Å². The second-order valence-electron chi connectivity index (χ2n) is 4.97. The van der Waals surface area contributed by atoms with Gasteiger partial charge in [-0.3, -0.25) is 14.9 Å². The zero-order chi connectivity index (χ0) is 17.0. The van der Waals surface area contributed by atoms with E-state index in [1.165, 1.54) is 6.07 Å². The molecule has 2 aromatic carbocycles. The molecular formula is C16H15ClN2O4. The number of nitro benzene ring substituents is 1. The maximum absolute atomic E-state index is 12.1. The molecule has 6 nitrogen and oxygen atoms in total. The van der Waals surface area contributed by atoms with Crippen LogP contribution in [0.1, 0.15) is 12.5 Å². The lowest BCUT2D eigenvalue weighted by Crippen LogP contribution is -2.30. The van der Waals surface area contributed by atoms with Crippen molar-refractivity contribution in [2.24, 2.45) is 0 Å². The summed E-state index contributed by atoms with van der Waals surface area (Å²) in [6.07, 6.45) is -0.783. The lowest BCUT2D eigenvalue weighted by atomic mass is 10.2. The molecule has 1 atom stereocenters. The number of aryl methyl sites for hydroxylation is 1. The van der Waals surface area contributed by atoms with Gasteiger partial charge in [-0.05, 0) is 38.1 Å².